The molecule has 1 aromatic heterocycles. The van der Waals surface area contributed by atoms with E-state index in [9.17, 15) is 9.59 Å². The molecule has 1 amide bonds. The van der Waals surface area contributed by atoms with Crippen LogP contribution in [0.15, 0.2) is 57.4 Å². The zero-order valence-corrected chi connectivity index (χ0v) is 22.1. The number of rotatable bonds is 6. The van der Waals surface area contributed by atoms with Crippen LogP contribution in [0, 0.1) is 13.8 Å². The van der Waals surface area contributed by atoms with Crippen molar-refractivity contribution >= 4 is 35.1 Å². The Morgan fingerprint density at radius 2 is 1.91 bits per heavy atom. The summed E-state index contributed by atoms with van der Waals surface area (Å²) in [6, 6.07) is 14.0. The van der Waals surface area contributed by atoms with E-state index in [-0.39, 0.29) is 23.1 Å². The van der Waals surface area contributed by atoms with Gasteiger partial charge in [-0.1, -0.05) is 55.8 Å². The van der Waals surface area contributed by atoms with E-state index in [1.165, 1.54) is 30.2 Å². The Labute approximate surface area is 215 Å². The van der Waals surface area contributed by atoms with E-state index < -0.39 is 0 Å². The third-order valence-electron chi connectivity index (χ3n) is 7.20. The molecule has 5 rings (SSSR count). The number of carbonyl (C=O) groups excluding carboxylic acids is 1. The molecule has 2 heterocycles. The monoisotopic (exact) mass is 505 g/mol. The highest BCUT2D eigenvalue weighted by Gasteiger charge is 2.39. The van der Waals surface area contributed by atoms with Gasteiger partial charge in [-0.05, 0) is 68.0 Å². The normalized spacial score (nSPS) is 18.7. The Balaban J connectivity index is 1.47. The maximum Gasteiger partial charge on any atom is 0.263 e. The van der Waals surface area contributed by atoms with Crippen LogP contribution in [0.5, 0.6) is 0 Å². The standard InChI is InChI=1S/C28H31N3O2S2/c1-4-19-12-14-20(15-13-19)31-27(33)25-21-9-5-6-11-23(21)35-26(25)30-28(31)34-16-24(32)29-22-10-7-8-17(2)18(22)3/h7-8,10,12-15,21,23H,4-6,9,11,16H2,1-3H3,(H,29,32)/t21-,23+/m0/s1. The van der Waals surface area contributed by atoms with Crippen LogP contribution in [0.3, 0.4) is 0 Å². The number of nitrogens with zero attached hydrogens (tertiary/aromatic N) is 2. The lowest BCUT2D eigenvalue weighted by Gasteiger charge is -2.24. The number of aromatic nitrogens is 2. The molecule has 0 radical (unpaired) electrons. The summed E-state index contributed by atoms with van der Waals surface area (Å²) in [5.41, 5.74) is 5.96. The molecule has 2 aliphatic rings. The molecule has 3 aromatic rings. The molecular weight excluding hydrogens is 474 g/mol. The van der Waals surface area contributed by atoms with Gasteiger partial charge in [-0.15, -0.1) is 11.8 Å². The molecule has 1 saturated carbocycles. The van der Waals surface area contributed by atoms with Gasteiger partial charge in [0.25, 0.3) is 5.56 Å². The maximum atomic E-state index is 13.9. The molecule has 7 heteroatoms. The van der Waals surface area contributed by atoms with Gasteiger partial charge in [0.15, 0.2) is 5.16 Å². The van der Waals surface area contributed by atoms with E-state index >= 15 is 0 Å². The highest BCUT2D eigenvalue weighted by atomic mass is 32.2. The van der Waals surface area contributed by atoms with E-state index in [0.29, 0.717) is 10.4 Å². The maximum absolute atomic E-state index is 13.9. The average molecular weight is 506 g/mol. The van der Waals surface area contributed by atoms with Crippen LogP contribution in [0.25, 0.3) is 5.69 Å². The quantitative estimate of drug-likeness (QED) is 0.243. The molecule has 182 valence electrons. The Morgan fingerprint density at radius 3 is 2.69 bits per heavy atom. The first kappa shape index (κ1) is 24.2. The lowest BCUT2D eigenvalue weighted by Crippen LogP contribution is -2.29. The van der Waals surface area contributed by atoms with Crippen LogP contribution in [0.2, 0.25) is 0 Å². The van der Waals surface area contributed by atoms with Crippen molar-refractivity contribution in [2.24, 2.45) is 0 Å². The Hall–Kier alpha value is -2.51. The smallest absolute Gasteiger partial charge is 0.263 e. The molecule has 1 N–H and O–H groups in total. The van der Waals surface area contributed by atoms with Gasteiger partial charge in [0.2, 0.25) is 5.91 Å². The van der Waals surface area contributed by atoms with Crippen molar-refractivity contribution in [1.29, 1.82) is 0 Å². The fourth-order valence-corrected chi connectivity index (χ4v) is 7.40. The summed E-state index contributed by atoms with van der Waals surface area (Å²) in [7, 11) is 0. The molecule has 0 saturated heterocycles. The number of hydrogen-bond acceptors (Lipinski definition) is 5. The van der Waals surface area contributed by atoms with Crippen LogP contribution in [0.1, 0.15) is 60.8 Å². The predicted octanol–water partition coefficient (Wildman–Crippen LogP) is 6.27. The van der Waals surface area contributed by atoms with Crippen molar-refractivity contribution in [1.82, 2.24) is 9.55 Å². The van der Waals surface area contributed by atoms with Crippen LogP contribution in [0.4, 0.5) is 5.69 Å². The molecule has 0 spiro atoms. The number of anilines is 1. The minimum atomic E-state index is -0.104. The fourth-order valence-electron chi connectivity index (χ4n) is 5.02. The summed E-state index contributed by atoms with van der Waals surface area (Å²) in [4.78, 5) is 31.7. The highest BCUT2D eigenvalue weighted by molar-refractivity contribution is 8.00. The topological polar surface area (TPSA) is 64.0 Å². The number of nitrogens with one attached hydrogen (secondary N) is 1. The molecule has 1 aliphatic heterocycles. The predicted molar refractivity (Wildman–Crippen MR) is 145 cm³/mol. The molecule has 0 bridgehead atoms. The first-order valence-electron chi connectivity index (χ1n) is 12.4. The summed E-state index contributed by atoms with van der Waals surface area (Å²) in [6.07, 6.45) is 5.52. The van der Waals surface area contributed by atoms with Gasteiger partial charge >= 0.3 is 0 Å². The van der Waals surface area contributed by atoms with Crippen molar-refractivity contribution in [2.45, 2.75) is 74.2 Å². The summed E-state index contributed by atoms with van der Waals surface area (Å²) in [5.74, 6) is 0.368. The lowest BCUT2D eigenvalue weighted by atomic mass is 9.85. The van der Waals surface area contributed by atoms with Crippen LogP contribution in [-0.4, -0.2) is 26.5 Å². The number of benzene rings is 2. The van der Waals surface area contributed by atoms with E-state index in [4.69, 9.17) is 4.98 Å². The van der Waals surface area contributed by atoms with Gasteiger partial charge in [-0.3, -0.25) is 14.2 Å². The molecular formula is C28H31N3O2S2. The minimum absolute atomic E-state index is 0.0265. The second-order valence-corrected chi connectivity index (χ2v) is 11.6. The van der Waals surface area contributed by atoms with Crippen molar-refractivity contribution in [3.8, 4) is 5.69 Å². The summed E-state index contributed by atoms with van der Waals surface area (Å²) < 4.78 is 1.73. The van der Waals surface area contributed by atoms with E-state index in [0.717, 1.165) is 52.4 Å². The highest BCUT2D eigenvalue weighted by Crippen LogP contribution is 2.50. The van der Waals surface area contributed by atoms with Crippen molar-refractivity contribution in [2.75, 3.05) is 11.1 Å². The summed E-state index contributed by atoms with van der Waals surface area (Å²) >= 11 is 3.09. The number of aryl methyl sites for hydroxylation is 2. The molecule has 35 heavy (non-hydrogen) atoms. The molecule has 0 unspecified atom stereocenters. The van der Waals surface area contributed by atoms with Crippen LogP contribution < -0.4 is 10.9 Å². The minimum Gasteiger partial charge on any atom is -0.325 e. The number of hydrogen-bond donors (Lipinski definition) is 1. The van der Waals surface area contributed by atoms with Gasteiger partial charge in [-0.2, -0.15) is 0 Å². The van der Waals surface area contributed by atoms with Crippen molar-refractivity contribution < 1.29 is 4.79 Å². The summed E-state index contributed by atoms with van der Waals surface area (Å²) in [6.45, 7) is 6.16. The Morgan fingerprint density at radius 1 is 1.14 bits per heavy atom. The van der Waals surface area contributed by atoms with Gasteiger partial charge in [0.05, 0.1) is 17.0 Å². The van der Waals surface area contributed by atoms with E-state index in [2.05, 4.69) is 24.4 Å². The zero-order chi connectivity index (χ0) is 24.5. The van der Waals surface area contributed by atoms with Crippen molar-refractivity contribution in [3.63, 3.8) is 0 Å². The second kappa shape index (κ2) is 10.2. The first-order valence-corrected chi connectivity index (χ1v) is 14.2. The van der Waals surface area contributed by atoms with E-state index in [1.807, 2.05) is 44.2 Å². The Bertz CT molecular complexity index is 1320. The number of amides is 1. The molecule has 1 aliphatic carbocycles. The van der Waals surface area contributed by atoms with Gasteiger partial charge in [0, 0.05) is 16.9 Å². The summed E-state index contributed by atoms with van der Waals surface area (Å²) in [5, 5.41) is 4.92. The third-order valence-corrected chi connectivity index (χ3v) is 9.54. The van der Waals surface area contributed by atoms with Crippen LogP contribution in [-0.2, 0) is 11.2 Å². The fraction of sp³-hybridized carbons (Fsp3) is 0.393. The third kappa shape index (κ3) is 4.81. The molecule has 1 fully saturated rings. The van der Waals surface area contributed by atoms with Gasteiger partial charge < -0.3 is 5.32 Å². The first-order chi connectivity index (χ1) is 17.0. The van der Waals surface area contributed by atoms with Gasteiger partial charge in [0.1, 0.15) is 5.03 Å². The van der Waals surface area contributed by atoms with Gasteiger partial charge in [-0.25, -0.2) is 4.98 Å². The number of fused-ring (bicyclic) bond motifs is 3. The van der Waals surface area contributed by atoms with Crippen LogP contribution >= 0.6 is 23.5 Å². The molecule has 2 aromatic carbocycles. The molecule has 2 atom stereocenters. The zero-order valence-electron chi connectivity index (χ0n) is 20.5. The van der Waals surface area contributed by atoms with Crippen molar-refractivity contribution in [3.05, 3.63) is 75.1 Å². The number of thioether (sulfide) groups is 2. The SMILES string of the molecule is CCc1ccc(-n2c(SCC(=O)Nc3cccc(C)c3C)nc3c(c2=O)[C@H]2CCCC[C@H]2S3)cc1. The Kier molecular flexibility index (Phi) is 7.07. The number of carbonyl (C=O) groups is 1. The average Bonchev–Trinajstić information content (AvgIpc) is 3.24. The molecule has 5 nitrogen and oxygen atoms in total. The lowest BCUT2D eigenvalue weighted by molar-refractivity contribution is -0.113. The van der Waals surface area contributed by atoms with E-state index in [1.54, 1.807) is 16.3 Å². The largest absolute Gasteiger partial charge is 0.325 e. The second-order valence-electron chi connectivity index (χ2n) is 9.41.